The average molecular weight is 840 g/mol. The third kappa shape index (κ3) is 29.3. The minimum absolute atomic E-state index is 0. The van der Waals surface area contributed by atoms with Gasteiger partial charge in [0.2, 0.25) is 5.56 Å². The number of hydrogen-bond donors (Lipinski definition) is 1. The van der Waals surface area contributed by atoms with Crippen LogP contribution in [0.2, 0.25) is 0 Å². The van der Waals surface area contributed by atoms with Crippen molar-refractivity contribution in [2.45, 2.75) is 72.4 Å². The van der Waals surface area contributed by atoms with Gasteiger partial charge < -0.3 is 25.2 Å². The number of hydrogen-bond acceptors (Lipinski definition) is 4. The van der Waals surface area contributed by atoms with E-state index in [1.165, 1.54) is 17.8 Å². The second-order valence-corrected chi connectivity index (χ2v) is 11.8. The molecule has 12 nitrogen and oxygen atoms in total. The second kappa shape index (κ2) is 34.3. The van der Waals surface area contributed by atoms with Crippen molar-refractivity contribution in [2.24, 2.45) is 5.11 Å². The van der Waals surface area contributed by atoms with E-state index in [4.69, 9.17) is 16.6 Å². The maximum Gasteiger partial charge on any atom is 1.00 e. The summed E-state index contributed by atoms with van der Waals surface area (Å²) in [7, 11) is 0. The predicted molar refractivity (Wildman–Crippen MR) is 196 cm³/mol. The summed E-state index contributed by atoms with van der Waals surface area (Å²) in [5, 5.41) is 6.72. The van der Waals surface area contributed by atoms with Gasteiger partial charge in [-0.2, -0.15) is 0 Å². The fourth-order valence-corrected chi connectivity index (χ4v) is 4.40. The van der Waals surface area contributed by atoms with Crippen molar-refractivity contribution in [3.63, 3.8) is 0 Å². The molecular formula is C30H43Br3N9NaO3. The summed E-state index contributed by atoms with van der Waals surface area (Å²) in [6.07, 6.45) is 11.7. The van der Waals surface area contributed by atoms with Gasteiger partial charge in [-0.15, -0.1) is 0 Å². The van der Waals surface area contributed by atoms with E-state index in [1.54, 1.807) is 39.7 Å². The van der Waals surface area contributed by atoms with Crippen LogP contribution in [0.1, 0.15) is 55.2 Å². The van der Waals surface area contributed by atoms with Crippen LogP contribution in [0.4, 0.5) is 0 Å². The Morgan fingerprint density at radius 2 is 1.11 bits per heavy atom. The molecule has 0 amide bonds. The number of aromatic amines is 1. The quantitative estimate of drug-likeness (QED) is 0.0615. The molecule has 3 aromatic rings. The number of azide groups is 1. The van der Waals surface area contributed by atoms with Crippen LogP contribution < -0.4 is 46.2 Å². The fraction of sp³-hybridized carbons (Fsp3) is 0.500. The van der Waals surface area contributed by atoms with E-state index in [9.17, 15) is 14.4 Å². The van der Waals surface area contributed by atoms with Gasteiger partial charge in [-0.05, 0) is 99.7 Å². The van der Waals surface area contributed by atoms with Crippen molar-refractivity contribution in [1.29, 1.82) is 0 Å². The average Bonchev–Trinajstić information content (AvgIpc) is 2.99. The molecule has 0 bridgehead atoms. The summed E-state index contributed by atoms with van der Waals surface area (Å²) in [5.41, 5.74) is 24.7. The largest absolute Gasteiger partial charge is 1.00 e. The molecular weight excluding hydrogens is 797 g/mol. The van der Waals surface area contributed by atoms with E-state index in [-0.39, 0.29) is 46.2 Å². The maximum atomic E-state index is 11.4. The van der Waals surface area contributed by atoms with Crippen LogP contribution in [0.15, 0.2) is 74.5 Å². The molecule has 1 N–H and O–H groups in total. The summed E-state index contributed by atoms with van der Waals surface area (Å²) >= 11 is 10.0. The third-order valence-electron chi connectivity index (χ3n) is 5.50. The summed E-state index contributed by atoms with van der Waals surface area (Å²) in [4.78, 5) is 39.9. The van der Waals surface area contributed by atoms with Gasteiger partial charge in [0.1, 0.15) is 0 Å². The number of aromatic nitrogens is 3. The molecule has 0 radical (unpaired) electrons. The minimum atomic E-state index is -0.0370. The predicted octanol–water partition coefficient (Wildman–Crippen LogP) is 5.69. The van der Waals surface area contributed by atoms with Crippen molar-refractivity contribution in [2.75, 3.05) is 22.5 Å². The monoisotopic (exact) mass is 837 g/mol. The summed E-state index contributed by atoms with van der Waals surface area (Å²) in [6, 6.07) is 10.6. The molecule has 3 heterocycles. The van der Waals surface area contributed by atoms with Crippen LogP contribution in [0.3, 0.4) is 0 Å². The van der Waals surface area contributed by atoms with Crippen LogP contribution in [-0.2, 0) is 13.1 Å². The molecule has 0 aromatic carbocycles. The molecule has 16 heteroatoms. The van der Waals surface area contributed by atoms with E-state index >= 15 is 0 Å². The number of unbranched alkanes of at least 4 members (excludes halogenated alkanes) is 3. The molecule has 0 aliphatic carbocycles. The zero-order chi connectivity index (χ0) is 34.3. The number of nitrogens with one attached hydrogen (secondary N) is 1. The van der Waals surface area contributed by atoms with Crippen LogP contribution in [-0.4, -0.2) is 36.7 Å². The Morgan fingerprint density at radius 3 is 1.46 bits per heavy atom. The molecule has 0 fully saturated rings. The molecule has 248 valence electrons. The molecule has 0 saturated carbocycles. The van der Waals surface area contributed by atoms with Crippen molar-refractivity contribution >= 4 is 47.8 Å². The Balaban J connectivity index is -0.000000542. The van der Waals surface area contributed by atoms with E-state index in [1.807, 2.05) is 45.2 Å². The van der Waals surface area contributed by atoms with E-state index in [2.05, 4.69) is 62.8 Å². The van der Waals surface area contributed by atoms with Gasteiger partial charge in [0, 0.05) is 77.3 Å². The molecule has 0 aliphatic rings. The van der Waals surface area contributed by atoms with Gasteiger partial charge >= 0.3 is 29.6 Å². The third-order valence-corrected chi connectivity index (χ3v) is 7.19. The Kier molecular flexibility index (Phi) is 36.0. The van der Waals surface area contributed by atoms with Crippen molar-refractivity contribution in [3.05, 3.63) is 129 Å². The minimum Gasteiger partial charge on any atom is -0.373 e. The molecule has 46 heavy (non-hydrogen) atoms. The number of nitrogens with zero attached hydrogens (tertiary/aromatic N) is 8. The zero-order valence-electron chi connectivity index (χ0n) is 27.1. The molecule has 0 spiro atoms. The topological polar surface area (TPSA) is 184 Å². The van der Waals surface area contributed by atoms with Crippen molar-refractivity contribution in [1.82, 2.24) is 14.1 Å². The number of pyridine rings is 3. The Labute approximate surface area is 318 Å². The Hall–Kier alpha value is -2.09. The fourth-order valence-electron chi connectivity index (χ4n) is 3.21. The number of halogens is 3. The van der Waals surface area contributed by atoms with Gasteiger partial charge in [0.05, 0.1) is 0 Å². The summed E-state index contributed by atoms with van der Waals surface area (Å²) in [5.74, 6) is 0. The van der Waals surface area contributed by atoms with E-state index < -0.39 is 0 Å². The van der Waals surface area contributed by atoms with Gasteiger partial charge in [0.25, 0.3) is 11.1 Å². The molecule has 0 aliphatic heterocycles. The first kappa shape index (κ1) is 48.3. The Bertz CT molecular complexity index is 1450. The SMILES string of the molecule is BrCCCCBr.Cc1cc[nH]c(=O)c1.Cc1ccn(CCCCBr)c(=O)c1.Cc1ccn(CCCCN=[N+]=[N-])c(=O)c1.[N-]=[N+]=[N-].[Na+]. The number of alkyl halides is 3. The molecule has 0 unspecified atom stereocenters. The summed E-state index contributed by atoms with van der Waals surface area (Å²) in [6.45, 7) is 7.72. The van der Waals surface area contributed by atoms with Gasteiger partial charge in [0.15, 0.2) is 0 Å². The number of rotatable bonds is 12. The van der Waals surface area contributed by atoms with Crippen LogP contribution >= 0.6 is 47.8 Å². The maximum absolute atomic E-state index is 11.4. The Morgan fingerprint density at radius 1 is 0.696 bits per heavy atom. The molecule has 0 saturated heterocycles. The van der Waals surface area contributed by atoms with Gasteiger partial charge in [-0.3, -0.25) is 19.3 Å². The standard InChI is InChI=1S/C10H14BrNO.C10H14N4O.C6H7NO.C4H8Br2.N3.Na/c1-9-4-7-12(10(13)8-9)6-3-2-5-11;1-9-4-7-14(10(15)8-9)6-3-2-5-12-13-11;1-5-2-3-7-6(8)4-5;5-3-1-2-4-6;1-3-2;/h4,7-8H,2-3,5-6H2,1H3;4,7-8H,2-3,5-6H2,1H3;2-4H,1H3,(H,7,8);1-4H2;;/q;;;;-1;+1. The first-order valence-electron chi connectivity index (χ1n) is 14.3. The normalized spacial score (nSPS) is 9.00. The zero-order valence-corrected chi connectivity index (χ0v) is 33.9. The van der Waals surface area contributed by atoms with Gasteiger partial charge in [-0.25, -0.2) is 0 Å². The molecule has 0 atom stereocenters. The second-order valence-electron chi connectivity index (χ2n) is 9.43. The smallest absolute Gasteiger partial charge is 0.373 e. The number of aryl methyl sites for hydroxylation is 5. The van der Waals surface area contributed by atoms with Crippen LogP contribution in [0.25, 0.3) is 26.4 Å². The first-order chi connectivity index (χ1) is 21.6. The van der Waals surface area contributed by atoms with E-state index in [0.717, 1.165) is 64.9 Å². The van der Waals surface area contributed by atoms with Crippen LogP contribution in [0, 0.1) is 20.8 Å². The number of H-pyrrole nitrogens is 1. The van der Waals surface area contributed by atoms with Crippen LogP contribution in [0.5, 0.6) is 0 Å². The van der Waals surface area contributed by atoms with Gasteiger partial charge in [-0.1, -0.05) is 52.9 Å². The van der Waals surface area contributed by atoms with E-state index in [0.29, 0.717) is 13.1 Å². The molecule has 3 aromatic heterocycles. The van der Waals surface area contributed by atoms with Crippen molar-refractivity contribution < 1.29 is 29.6 Å². The first-order valence-corrected chi connectivity index (χ1v) is 17.6. The molecule has 3 rings (SSSR count). The summed E-state index contributed by atoms with van der Waals surface area (Å²) < 4.78 is 3.43. The van der Waals surface area contributed by atoms with Crippen molar-refractivity contribution in [3.8, 4) is 0 Å².